The average molecular weight is 414 g/mol. The minimum Gasteiger partial charge on any atom is -0.444 e. The van der Waals surface area contributed by atoms with E-state index in [-0.39, 0.29) is 29.1 Å². The molecule has 1 saturated heterocycles. The van der Waals surface area contributed by atoms with E-state index in [2.05, 4.69) is 20.8 Å². The first-order valence-electron chi connectivity index (χ1n) is 9.31. The van der Waals surface area contributed by atoms with Crippen LogP contribution in [0, 0.1) is 0 Å². The second kappa shape index (κ2) is 9.24. The summed E-state index contributed by atoms with van der Waals surface area (Å²) in [6.07, 6.45) is 4.30. The Morgan fingerprint density at radius 1 is 1.25 bits per heavy atom. The summed E-state index contributed by atoms with van der Waals surface area (Å²) < 4.78 is 5.50. The summed E-state index contributed by atoms with van der Waals surface area (Å²) in [4.78, 5) is 36.8. The molecule has 4 N–H and O–H groups in total. The van der Waals surface area contributed by atoms with Crippen LogP contribution in [0.3, 0.4) is 0 Å². The monoisotopic (exact) mass is 413 g/mol. The molecule has 1 aromatic heterocycles. The molecule has 28 heavy (non-hydrogen) atoms. The first-order chi connectivity index (χ1) is 13.5. The van der Waals surface area contributed by atoms with E-state index in [0.29, 0.717) is 25.2 Å². The molecular weight excluding hydrogens is 390 g/mol. The van der Waals surface area contributed by atoms with Gasteiger partial charge in [0.2, 0.25) is 5.91 Å². The summed E-state index contributed by atoms with van der Waals surface area (Å²) in [6.45, 7) is 0.540. The normalized spacial score (nSPS) is 24.6. The molecule has 0 aromatic carbocycles. The molecule has 3 rings (SSSR count). The fourth-order valence-corrected chi connectivity index (χ4v) is 3.86. The number of carbonyl (C=O) groups excluding carboxylic acids is 2. The number of amides is 2. The number of ether oxygens (including phenoxy) is 1. The average Bonchev–Trinajstić information content (AvgIpc) is 3.13. The van der Waals surface area contributed by atoms with Gasteiger partial charge in [-0.3, -0.25) is 9.59 Å². The number of aromatic nitrogens is 2. The van der Waals surface area contributed by atoms with Crippen LogP contribution >= 0.6 is 11.6 Å². The van der Waals surface area contributed by atoms with Crippen LogP contribution in [0.1, 0.15) is 32.1 Å². The quantitative estimate of drug-likeness (QED) is 0.539. The standard InChI is InChI=1S/C17H24ClN5O5/c18-15-13(7-19-22-16(15)26)23-6-5-12(8-23)28-17(27)21-11-3-1-10(2-4-11)20-14(25)9-24/h7,10-12,24H,1-6,8-9H2,(H,20,25)(H,21,27)(H,22,26)/t10-,11-,12-/m1/s1. The Bertz CT molecular complexity index is 765. The van der Waals surface area contributed by atoms with Crippen molar-refractivity contribution in [1.29, 1.82) is 0 Å². The third kappa shape index (κ3) is 5.14. The predicted octanol–water partition coefficient (Wildman–Crippen LogP) is 0.148. The Balaban J connectivity index is 1.42. The fraction of sp³-hybridized carbons (Fsp3) is 0.647. The van der Waals surface area contributed by atoms with E-state index in [0.717, 1.165) is 25.7 Å². The molecular formula is C17H24ClN5O5. The highest BCUT2D eigenvalue weighted by Crippen LogP contribution is 2.26. The van der Waals surface area contributed by atoms with Crippen molar-refractivity contribution < 1.29 is 19.4 Å². The maximum Gasteiger partial charge on any atom is 0.407 e. The number of hydrogen-bond donors (Lipinski definition) is 4. The lowest BCUT2D eigenvalue weighted by atomic mass is 9.91. The minimum absolute atomic E-state index is 0.00129. The maximum absolute atomic E-state index is 12.2. The van der Waals surface area contributed by atoms with Crippen molar-refractivity contribution in [3.63, 3.8) is 0 Å². The molecule has 1 saturated carbocycles. The van der Waals surface area contributed by atoms with Gasteiger partial charge in [-0.05, 0) is 25.7 Å². The van der Waals surface area contributed by atoms with Crippen LogP contribution < -0.4 is 21.1 Å². The number of aliphatic hydroxyl groups excluding tert-OH is 1. The molecule has 2 heterocycles. The number of nitrogens with zero attached hydrogens (tertiary/aromatic N) is 2. The van der Waals surface area contributed by atoms with Crippen LogP contribution in [0.2, 0.25) is 5.02 Å². The Hall–Kier alpha value is -2.33. The number of alkyl carbamates (subject to hydrolysis) is 1. The summed E-state index contributed by atoms with van der Waals surface area (Å²) in [7, 11) is 0. The molecule has 0 unspecified atom stereocenters. The molecule has 1 aliphatic heterocycles. The van der Waals surface area contributed by atoms with Gasteiger partial charge in [0.05, 0.1) is 18.4 Å². The SMILES string of the molecule is O=C(CO)N[C@H]1CC[C@H](NC(=O)O[C@@H]2CCN(c3cn[nH]c(=O)c3Cl)C2)CC1. The van der Waals surface area contributed by atoms with E-state index in [1.54, 1.807) is 0 Å². The van der Waals surface area contributed by atoms with E-state index in [4.69, 9.17) is 21.4 Å². The molecule has 11 heteroatoms. The van der Waals surface area contributed by atoms with E-state index in [1.165, 1.54) is 6.20 Å². The van der Waals surface area contributed by atoms with Gasteiger partial charge in [-0.25, -0.2) is 9.89 Å². The molecule has 1 atom stereocenters. The number of nitrogens with one attached hydrogen (secondary N) is 3. The largest absolute Gasteiger partial charge is 0.444 e. The molecule has 2 fully saturated rings. The maximum atomic E-state index is 12.2. The van der Waals surface area contributed by atoms with E-state index >= 15 is 0 Å². The molecule has 2 aliphatic rings. The van der Waals surface area contributed by atoms with Crippen molar-refractivity contribution in [2.75, 3.05) is 24.6 Å². The first kappa shape index (κ1) is 20.4. The smallest absolute Gasteiger partial charge is 0.407 e. The van der Waals surface area contributed by atoms with Crippen molar-refractivity contribution in [3.8, 4) is 0 Å². The van der Waals surface area contributed by atoms with Crippen LogP contribution in [-0.2, 0) is 9.53 Å². The summed E-state index contributed by atoms with van der Waals surface area (Å²) in [5, 5.41) is 20.5. The molecule has 2 amide bonds. The molecule has 1 aliphatic carbocycles. The zero-order chi connectivity index (χ0) is 20.1. The highest BCUT2D eigenvalue weighted by molar-refractivity contribution is 6.33. The number of carbonyl (C=O) groups is 2. The van der Waals surface area contributed by atoms with Gasteiger partial charge < -0.3 is 25.4 Å². The summed E-state index contributed by atoms with van der Waals surface area (Å²) >= 11 is 6.02. The van der Waals surface area contributed by atoms with Gasteiger partial charge >= 0.3 is 6.09 Å². The van der Waals surface area contributed by atoms with Gasteiger partial charge in [0.1, 0.15) is 17.7 Å². The summed E-state index contributed by atoms with van der Waals surface area (Å²) in [5.41, 5.74) is 0.0761. The Labute approximate surface area is 166 Å². The van der Waals surface area contributed by atoms with Crippen LogP contribution in [0.25, 0.3) is 0 Å². The van der Waals surface area contributed by atoms with Gasteiger partial charge in [0.25, 0.3) is 5.56 Å². The highest BCUT2D eigenvalue weighted by Gasteiger charge is 2.29. The van der Waals surface area contributed by atoms with Gasteiger partial charge in [-0.2, -0.15) is 5.10 Å². The number of aliphatic hydroxyl groups is 1. The Morgan fingerprint density at radius 3 is 2.61 bits per heavy atom. The fourth-order valence-electron chi connectivity index (χ4n) is 3.65. The number of rotatable bonds is 5. The molecule has 0 spiro atoms. The zero-order valence-electron chi connectivity index (χ0n) is 15.3. The first-order valence-corrected chi connectivity index (χ1v) is 9.69. The number of H-pyrrole nitrogens is 1. The van der Waals surface area contributed by atoms with Crippen LogP contribution in [0.4, 0.5) is 10.5 Å². The topological polar surface area (TPSA) is 137 Å². The number of hydrogen-bond acceptors (Lipinski definition) is 7. The van der Waals surface area contributed by atoms with Crippen molar-refractivity contribution in [3.05, 3.63) is 21.6 Å². The molecule has 154 valence electrons. The lowest BCUT2D eigenvalue weighted by molar-refractivity contribution is -0.124. The lowest BCUT2D eigenvalue weighted by Gasteiger charge is -2.29. The molecule has 1 aromatic rings. The zero-order valence-corrected chi connectivity index (χ0v) is 16.1. The third-order valence-electron chi connectivity index (χ3n) is 5.09. The number of anilines is 1. The summed E-state index contributed by atoms with van der Waals surface area (Å²) in [5.74, 6) is -0.377. The third-order valence-corrected chi connectivity index (χ3v) is 5.46. The molecule has 0 bridgehead atoms. The molecule has 0 radical (unpaired) electrons. The van der Waals surface area contributed by atoms with E-state index in [9.17, 15) is 14.4 Å². The van der Waals surface area contributed by atoms with Gasteiger partial charge in [0, 0.05) is 25.0 Å². The van der Waals surface area contributed by atoms with Crippen LogP contribution in [-0.4, -0.2) is 65.2 Å². The van der Waals surface area contributed by atoms with Crippen molar-refractivity contribution in [2.24, 2.45) is 0 Å². The van der Waals surface area contributed by atoms with Crippen LogP contribution in [0.5, 0.6) is 0 Å². The second-order valence-corrected chi connectivity index (χ2v) is 7.46. The minimum atomic E-state index is -0.512. The predicted molar refractivity (Wildman–Crippen MR) is 101 cm³/mol. The van der Waals surface area contributed by atoms with Crippen molar-refractivity contribution in [1.82, 2.24) is 20.8 Å². The van der Waals surface area contributed by atoms with Gasteiger partial charge in [-0.1, -0.05) is 11.6 Å². The van der Waals surface area contributed by atoms with Crippen LogP contribution in [0.15, 0.2) is 11.0 Å². The molecule has 10 nitrogen and oxygen atoms in total. The Kier molecular flexibility index (Phi) is 6.74. The highest BCUT2D eigenvalue weighted by atomic mass is 35.5. The number of halogens is 1. The number of aromatic amines is 1. The van der Waals surface area contributed by atoms with Gasteiger partial charge in [0.15, 0.2) is 0 Å². The second-order valence-electron chi connectivity index (χ2n) is 7.08. The Morgan fingerprint density at radius 2 is 1.93 bits per heavy atom. The van der Waals surface area contributed by atoms with Crippen molar-refractivity contribution in [2.45, 2.75) is 50.3 Å². The lowest BCUT2D eigenvalue weighted by Crippen LogP contribution is -2.45. The van der Waals surface area contributed by atoms with Gasteiger partial charge in [-0.15, -0.1) is 0 Å². The van der Waals surface area contributed by atoms with Crippen molar-refractivity contribution >= 4 is 29.3 Å². The van der Waals surface area contributed by atoms with E-state index in [1.807, 2.05) is 4.90 Å². The van der Waals surface area contributed by atoms with E-state index < -0.39 is 18.3 Å². The summed E-state index contributed by atoms with van der Waals surface area (Å²) in [6, 6.07) is 0.0307.